The van der Waals surface area contributed by atoms with Crippen molar-refractivity contribution in [1.29, 1.82) is 0 Å². The number of thioether (sulfide) groups is 1. The highest BCUT2D eigenvalue weighted by Crippen LogP contribution is 2.26. The van der Waals surface area contributed by atoms with E-state index in [0.29, 0.717) is 11.4 Å². The molecule has 2 heteroatoms. The van der Waals surface area contributed by atoms with Gasteiger partial charge in [0.05, 0.1) is 18.0 Å². The number of hydrogen-bond acceptors (Lipinski definition) is 2. The van der Waals surface area contributed by atoms with Gasteiger partial charge in [-0.05, 0) is 0 Å². The van der Waals surface area contributed by atoms with Crippen LogP contribution in [0.4, 0.5) is 0 Å². The standard InChI is InChI=1S/C8H10OS/c1-3-7(9-5-1)8-4-2-6-10-8/h1-4,7-8H,5-6H2. The van der Waals surface area contributed by atoms with Gasteiger partial charge in [0, 0.05) is 5.75 Å². The highest BCUT2D eigenvalue weighted by atomic mass is 32.2. The Kier molecular flexibility index (Phi) is 1.82. The van der Waals surface area contributed by atoms with Gasteiger partial charge >= 0.3 is 0 Å². The van der Waals surface area contributed by atoms with Crippen LogP contribution in [0.1, 0.15) is 0 Å². The Morgan fingerprint density at radius 3 is 2.90 bits per heavy atom. The van der Waals surface area contributed by atoms with Crippen LogP contribution in [0.15, 0.2) is 24.3 Å². The summed E-state index contributed by atoms with van der Waals surface area (Å²) in [5.74, 6) is 1.15. The lowest BCUT2D eigenvalue weighted by Crippen LogP contribution is -2.17. The van der Waals surface area contributed by atoms with Gasteiger partial charge in [-0.15, -0.1) is 11.8 Å². The lowest BCUT2D eigenvalue weighted by molar-refractivity contribution is 0.134. The molecule has 0 aromatic carbocycles. The van der Waals surface area contributed by atoms with E-state index >= 15 is 0 Å². The molecule has 2 atom stereocenters. The van der Waals surface area contributed by atoms with Crippen LogP contribution < -0.4 is 0 Å². The van der Waals surface area contributed by atoms with Gasteiger partial charge in [0.2, 0.25) is 0 Å². The summed E-state index contributed by atoms with van der Waals surface area (Å²) >= 11 is 1.95. The molecule has 0 radical (unpaired) electrons. The Balaban J connectivity index is 1.98. The molecule has 0 saturated carbocycles. The molecule has 0 N–H and O–H groups in total. The van der Waals surface area contributed by atoms with Gasteiger partial charge in [0.1, 0.15) is 0 Å². The first-order valence-electron chi connectivity index (χ1n) is 3.53. The van der Waals surface area contributed by atoms with E-state index < -0.39 is 0 Å². The molecule has 0 aliphatic carbocycles. The summed E-state index contributed by atoms with van der Waals surface area (Å²) < 4.78 is 5.45. The van der Waals surface area contributed by atoms with Crippen molar-refractivity contribution in [2.45, 2.75) is 11.4 Å². The van der Waals surface area contributed by atoms with E-state index in [2.05, 4.69) is 24.3 Å². The largest absolute Gasteiger partial charge is 0.369 e. The molecule has 0 aromatic rings. The fraction of sp³-hybridized carbons (Fsp3) is 0.500. The minimum absolute atomic E-state index is 0.351. The van der Waals surface area contributed by atoms with Crippen LogP contribution in [-0.2, 0) is 4.74 Å². The Hall–Kier alpha value is -0.210. The third-order valence-corrected chi connectivity index (χ3v) is 2.94. The predicted molar refractivity (Wildman–Crippen MR) is 44.3 cm³/mol. The average Bonchev–Trinajstić information content (AvgIpc) is 2.59. The molecular formula is C8H10OS. The molecule has 54 valence electrons. The molecule has 0 aromatic heterocycles. The smallest absolute Gasteiger partial charge is 0.0914 e. The molecule has 2 aliphatic rings. The van der Waals surface area contributed by atoms with Crippen LogP contribution in [0.2, 0.25) is 0 Å². The van der Waals surface area contributed by atoms with E-state index in [1.54, 1.807) is 0 Å². The van der Waals surface area contributed by atoms with E-state index in [-0.39, 0.29) is 0 Å². The van der Waals surface area contributed by atoms with Crippen LogP contribution in [0, 0.1) is 0 Å². The van der Waals surface area contributed by atoms with Crippen molar-refractivity contribution in [1.82, 2.24) is 0 Å². The van der Waals surface area contributed by atoms with E-state index in [1.165, 1.54) is 0 Å². The Morgan fingerprint density at radius 2 is 2.30 bits per heavy atom. The van der Waals surface area contributed by atoms with Gasteiger partial charge in [0.15, 0.2) is 0 Å². The SMILES string of the molecule is C1=CC(C2C=CCS2)OC1. The second kappa shape index (κ2) is 2.81. The molecule has 0 spiro atoms. The highest BCUT2D eigenvalue weighted by Gasteiger charge is 2.21. The Morgan fingerprint density at radius 1 is 1.30 bits per heavy atom. The van der Waals surface area contributed by atoms with E-state index in [9.17, 15) is 0 Å². The molecule has 0 bridgehead atoms. The summed E-state index contributed by atoms with van der Waals surface area (Å²) in [5, 5.41) is 0.582. The summed E-state index contributed by atoms with van der Waals surface area (Å²) in [5.41, 5.74) is 0. The summed E-state index contributed by atoms with van der Waals surface area (Å²) in [6, 6.07) is 0. The zero-order valence-electron chi connectivity index (χ0n) is 5.69. The van der Waals surface area contributed by atoms with Crippen molar-refractivity contribution >= 4 is 11.8 Å². The summed E-state index contributed by atoms with van der Waals surface area (Å²) in [4.78, 5) is 0. The minimum Gasteiger partial charge on any atom is -0.369 e. The van der Waals surface area contributed by atoms with Crippen molar-refractivity contribution in [2.24, 2.45) is 0 Å². The van der Waals surface area contributed by atoms with Gasteiger partial charge in [-0.3, -0.25) is 0 Å². The zero-order chi connectivity index (χ0) is 6.81. The monoisotopic (exact) mass is 154 g/mol. The maximum absolute atomic E-state index is 5.45. The van der Waals surface area contributed by atoms with Crippen LogP contribution in [0.25, 0.3) is 0 Å². The van der Waals surface area contributed by atoms with Crippen molar-refractivity contribution < 1.29 is 4.74 Å². The molecular weight excluding hydrogens is 144 g/mol. The maximum atomic E-state index is 5.45. The van der Waals surface area contributed by atoms with Gasteiger partial charge in [0.25, 0.3) is 0 Å². The third-order valence-electron chi connectivity index (χ3n) is 1.75. The lowest BCUT2D eigenvalue weighted by Gasteiger charge is -2.13. The second-order valence-corrected chi connectivity index (χ2v) is 3.66. The van der Waals surface area contributed by atoms with Gasteiger partial charge in [-0.2, -0.15) is 0 Å². The van der Waals surface area contributed by atoms with Crippen molar-refractivity contribution in [3.8, 4) is 0 Å². The summed E-state index contributed by atoms with van der Waals surface area (Å²) in [6.07, 6.45) is 9.06. The fourth-order valence-corrected chi connectivity index (χ4v) is 2.26. The average molecular weight is 154 g/mol. The Bertz CT molecular complexity index is 154. The van der Waals surface area contributed by atoms with E-state index in [1.807, 2.05) is 11.8 Å². The molecule has 0 fully saturated rings. The Labute approximate surface area is 65.1 Å². The quantitative estimate of drug-likeness (QED) is 0.531. The number of rotatable bonds is 1. The van der Waals surface area contributed by atoms with E-state index in [4.69, 9.17) is 4.74 Å². The van der Waals surface area contributed by atoms with Crippen molar-refractivity contribution in [3.63, 3.8) is 0 Å². The molecule has 0 amide bonds. The molecule has 10 heavy (non-hydrogen) atoms. The minimum atomic E-state index is 0.351. The summed E-state index contributed by atoms with van der Waals surface area (Å²) in [6.45, 7) is 0.801. The zero-order valence-corrected chi connectivity index (χ0v) is 6.51. The van der Waals surface area contributed by atoms with Crippen molar-refractivity contribution in [2.75, 3.05) is 12.4 Å². The van der Waals surface area contributed by atoms with Gasteiger partial charge in [-0.25, -0.2) is 0 Å². The first-order chi connectivity index (χ1) is 4.97. The normalized spacial score (nSPS) is 37.6. The molecule has 2 unspecified atom stereocenters. The maximum Gasteiger partial charge on any atom is 0.0914 e. The van der Waals surface area contributed by atoms with Gasteiger partial charge < -0.3 is 4.74 Å². The number of ether oxygens (including phenoxy) is 1. The molecule has 0 saturated heterocycles. The molecule has 1 nitrogen and oxygen atoms in total. The topological polar surface area (TPSA) is 9.23 Å². The third kappa shape index (κ3) is 1.13. The lowest BCUT2D eigenvalue weighted by atomic mass is 10.2. The molecule has 2 rings (SSSR count). The van der Waals surface area contributed by atoms with Crippen molar-refractivity contribution in [3.05, 3.63) is 24.3 Å². The van der Waals surface area contributed by atoms with Gasteiger partial charge in [-0.1, -0.05) is 24.3 Å². The van der Waals surface area contributed by atoms with Crippen LogP contribution in [-0.4, -0.2) is 23.7 Å². The first-order valence-corrected chi connectivity index (χ1v) is 4.58. The highest BCUT2D eigenvalue weighted by molar-refractivity contribution is 8.00. The molecule has 2 heterocycles. The predicted octanol–water partition coefficient (Wildman–Crippen LogP) is 1.61. The van der Waals surface area contributed by atoms with Crippen LogP contribution in [0.5, 0.6) is 0 Å². The summed E-state index contributed by atoms with van der Waals surface area (Å²) in [7, 11) is 0. The van der Waals surface area contributed by atoms with Crippen LogP contribution in [0.3, 0.4) is 0 Å². The molecule has 2 aliphatic heterocycles. The van der Waals surface area contributed by atoms with Crippen LogP contribution >= 0.6 is 11.8 Å². The fourth-order valence-electron chi connectivity index (χ4n) is 1.23. The second-order valence-electron chi connectivity index (χ2n) is 2.45. The van der Waals surface area contributed by atoms with E-state index in [0.717, 1.165) is 12.4 Å². The first kappa shape index (κ1) is 6.50. The number of hydrogen-bond donors (Lipinski definition) is 0.